The quantitative estimate of drug-likeness (QED) is 0.727. The first-order valence-electron chi connectivity index (χ1n) is 9.72. The van der Waals surface area contributed by atoms with Crippen LogP contribution in [0, 0.1) is 0 Å². The van der Waals surface area contributed by atoms with Gasteiger partial charge in [-0.25, -0.2) is 8.42 Å². The number of carbonyl (C=O) groups is 1. The van der Waals surface area contributed by atoms with Gasteiger partial charge >= 0.3 is 0 Å². The van der Waals surface area contributed by atoms with E-state index in [1.54, 1.807) is 26.0 Å². The summed E-state index contributed by atoms with van der Waals surface area (Å²) >= 11 is 6.15. The Labute approximate surface area is 182 Å². The van der Waals surface area contributed by atoms with E-state index < -0.39 is 10.0 Å². The fourth-order valence-corrected chi connectivity index (χ4v) is 4.64. The van der Waals surface area contributed by atoms with Crippen LogP contribution >= 0.6 is 11.6 Å². The van der Waals surface area contributed by atoms with Crippen LogP contribution in [-0.2, 0) is 14.8 Å². The van der Waals surface area contributed by atoms with Gasteiger partial charge in [0, 0.05) is 36.8 Å². The molecule has 30 heavy (non-hydrogen) atoms. The van der Waals surface area contributed by atoms with Gasteiger partial charge < -0.3 is 15.0 Å². The van der Waals surface area contributed by atoms with E-state index in [-0.39, 0.29) is 16.8 Å². The molecular weight excluding hydrogens is 426 g/mol. The van der Waals surface area contributed by atoms with Crippen molar-refractivity contribution in [2.45, 2.75) is 24.8 Å². The molecule has 2 aromatic rings. The average Bonchev–Trinajstić information content (AvgIpc) is 2.74. The molecule has 1 amide bonds. The zero-order chi connectivity index (χ0) is 21.9. The summed E-state index contributed by atoms with van der Waals surface area (Å²) in [6, 6.07) is 11.1. The maximum absolute atomic E-state index is 12.8. The molecule has 0 radical (unpaired) electrons. The Morgan fingerprint density at radius 3 is 2.37 bits per heavy atom. The number of ether oxygens (including phenoxy) is 1. The van der Waals surface area contributed by atoms with Crippen LogP contribution in [0.4, 0.5) is 11.4 Å². The molecule has 1 N–H and O–H groups in total. The van der Waals surface area contributed by atoms with Gasteiger partial charge in [-0.3, -0.25) is 4.79 Å². The maximum Gasteiger partial charge on any atom is 0.255 e. The van der Waals surface area contributed by atoms with Crippen LogP contribution in [0.5, 0.6) is 0 Å². The molecule has 9 heteroatoms. The lowest BCUT2D eigenvalue weighted by Crippen LogP contribution is -2.36. The van der Waals surface area contributed by atoms with Crippen LogP contribution in [0.3, 0.4) is 0 Å². The molecule has 0 spiro atoms. The molecule has 0 aliphatic carbocycles. The number of benzene rings is 2. The number of carbonyl (C=O) groups excluding carboxylic acids is 1. The van der Waals surface area contributed by atoms with Gasteiger partial charge in [0.05, 0.1) is 29.5 Å². The van der Waals surface area contributed by atoms with Crippen LogP contribution in [0.2, 0.25) is 5.02 Å². The summed E-state index contributed by atoms with van der Waals surface area (Å²) in [6.07, 6.45) is 0. The number of nitrogens with zero attached hydrogens (tertiary/aromatic N) is 2. The third-order valence-electron chi connectivity index (χ3n) is 5.08. The molecule has 0 unspecified atom stereocenters. The molecular formula is C21H26ClN3O4S. The van der Waals surface area contributed by atoms with Crippen molar-refractivity contribution in [2.75, 3.05) is 43.6 Å². The Hall–Kier alpha value is -2.13. The first-order chi connectivity index (χ1) is 14.2. The summed E-state index contributed by atoms with van der Waals surface area (Å²) in [5, 5.41) is 3.41. The molecule has 0 aromatic heterocycles. The van der Waals surface area contributed by atoms with E-state index in [1.165, 1.54) is 35.6 Å². The minimum absolute atomic E-state index is 0.145. The maximum atomic E-state index is 12.8. The average molecular weight is 452 g/mol. The minimum atomic E-state index is -3.60. The van der Waals surface area contributed by atoms with E-state index in [1.807, 2.05) is 6.07 Å². The number of nitrogens with one attached hydrogen (secondary N) is 1. The highest BCUT2D eigenvalue weighted by Gasteiger charge is 2.23. The molecule has 1 aliphatic heterocycles. The molecule has 7 nitrogen and oxygen atoms in total. The molecule has 0 atom stereocenters. The Morgan fingerprint density at radius 1 is 1.13 bits per heavy atom. The normalized spacial score (nSPS) is 14.9. The minimum Gasteiger partial charge on any atom is -0.378 e. The number of hydrogen-bond donors (Lipinski definition) is 1. The van der Waals surface area contributed by atoms with Gasteiger partial charge in [-0.2, -0.15) is 4.31 Å². The number of amides is 1. The second kappa shape index (κ2) is 9.34. The first kappa shape index (κ1) is 22.6. The van der Waals surface area contributed by atoms with Gasteiger partial charge in [-0.1, -0.05) is 11.6 Å². The standard InChI is InChI=1S/C21H26ClN3O4S/c1-15(2)24(3)30(27,28)18-7-4-16(5-8-18)21(26)23-19-14-17(22)6-9-20(19)25-10-12-29-13-11-25/h4-9,14-15H,10-13H2,1-3H3,(H,23,26). The fourth-order valence-electron chi connectivity index (χ4n) is 3.10. The van der Waals surface area contributed by atoms with Gasteiger partial charge in [-0.15, -0.1) is 0 Å². The number of anilines is 2. The highest BCUT2D eigenvalue weighted by atomic mass is 35.5. The van der Waals surface area contributed by atoms with Crippen molar-refractivity contribution in [2.24, 2.45) is 0 Å². The smallest absolute Gasteiger partial charge is 0.255 e. The second-order valence-corrected chi connectivity index (χ2v) is 9.79. The number of halogens is 1. The lowest BCUT2D eigenvalue weighted by molar-refractivity contribution is 0.102. The molecule has 0 saturated carbocycles. The van der Waals surface area contributed by atoms with Crippen molar-refractivity contribution in [1.82, 2.24) is 4.31 Å². The van der Waals surface area contributed by atoms with E-state index in [9.17, 15) is 13.2 Å². The van der Waals surface area contributed by atoms with E-state index >= 15 is 0 Å². The molecule has 0 bridgehead atoms. The number of hydrogen-bond acceptors (Lipinski definition) is 5. The molecule has 1 fully saturated rings. The van der Waals surface area contributed by atoms with Gasteiger partial charge in [0.15, 0.2) is 0 Å². The van der Waals surface area contributed by atoms with Gasteiger partial charge in [-0.05, 0) is 56.3 Å². The summed E-state index contributed by atoms with van der Waals surface area (Å²) in [6.45, 7) is 6.29. The van der Waals surface area contributed by atoms with Crippen molar-refractivity contribution < 1.29 is 17.9 Å². The summed E-state index contributed by atoms with van der Waals surface area (Å²) < 4.78 is 31.9. The fraction of sp³-hybridized carbons (Fsp3) is 0.381. The van der Waals surface area contributed by atoms with Crippen molar-refractivity contribution in [3.63, 3.8) is 0 Å². The number of morpholine rings is 1. The van der Waals surface area contributed by atoms with Gasteiger partial charge in [0.1, 0.15) is 0 Å². The highest BCUT2D eigenvalue weighted by Crippen LogP contribution is 2.30. The van der Waals surface area contributed by atoms with Crippen molar-refractivity contribution in [3.05, 3.63) is 53.1 Å². The predicted molar refractivity (Wildman–Crippen MR) is 119 cm³/mol. The second-order valence-electron chi connectivity index (χ2n) is 7.35. The molecule has 162 valence electrons. The number of sulfonamides is 1. The molecule has 1 heterocycles. The zero-order valence-electron chi connectivity index (χ0n) is 17.3. The Morgan fingerprint density at radius 2 is 1.77 bits per heavy atom. The van der Waals surface area contributed by atoms with E-state index in [4.69, 9.17) is 16.3 Å². The van der Waals surface area contributed by atoms with E-state index in [0.717, 1.165) is 18.8 Å². The summed E-state index contributed by atoms with van der Waals surface area (Å²) in [4.78, 5) is 15.1. The monoisotopic (exact) mass is 451 g/mol. The van der Waals surface area contributed by atoms with Gasteiger partial charge in [0.25, 0.3) is 5.91 Å². The lowest BCUT2D eigenvalue weighted by Gasteiger charge is -2.30. The van der Waals surface area contributed by atoms with Crippen molar-refractivity contribution in [3.8, 4) is 0 Å². The SMILES string of the molecule is CC(C)N(C)S(=O)(=O)c1ccc(C(=O)Nc2cc(Cl)ccc2N2CCOCC2)cc1. The zero-order valence-corrected chi connectivity index (χ0v) is 18.8. The lowest BCUT2D eigenvalue weighted by atomic mass is 10.2. The molecule has 1 saturated heterocycles. The van der Waals surface area contributed by atoms with Crippen molar-refractivity contribution >= 4 is 38.9 Å². The topological polar surface area (TPSA) is 79.0 Å². The van der Waals surface area contributed by atoms with Crippen LogP contribution in [0.25, 0.3) is 0 Å². The van der Waals surface area contributed by atoms with Crippen LogP contribution in [-0.4, -0.2) is 58.0 Å². The molecule has 2 aromatic carbocycles. The third kappa shape index (κ3) is 4.95. The summed E-state index contributed by atoms with van der Waals surface area (Å²) in [5.74, 6) is -0.340. The highest BCUT2D eigenvalue weighted by molar-refractivity contribution is 7.89. The van der Waals surface area contributed by atoms with E-state index in [0.29, 0.717) is 29.5 Å². The third-order valence-corrected chi connectivity index (χ3v) is 7.36. The molecule has 3 rings (SSSR count). The summed E-state index contributed by atoms with van der Waals surface area (Å²) in [7, 11) is -2.07. The summed E-state index contributed by atoms with van der Waals surface area (Å²) in [5.41, 5.74) is 1.83. The van der Waals surface area contributed by atoms with Gasteiger partial charge in [0.2, 0.25) is 10.0 Å². The van der Waals surface area contributed by atoms with Crippen LogP contribution in [0.15, 0.2) is 47.4 Å². The largest absolute Gasteiger partial charge is 0.378 e. The Kier molecular flexibility index (Phi) is 7.02. The Bertz CT molecular complexity index is 1000. The number of rotatable bonds is 6. The first-order valence-corrected chi connectivity index (χ1v) is 11.5. The van der Waals surface area contributed by atoms with Crippen LogP contribution < -0.4 is 10.2 Å². The predicted octanol–water partition coefficient (Wildman–Crippen LogP) is 3.46. The van der Waals surface area contributed by atoms with E-state index in [2.05, 4.69) is 10.2 Å². The van der Waals surface area contributed by atoms with Crippen LogP contribution in [0.1, 0.15) is 24.2 Å². The van der Waals surface area contributed by atoms with Crippen molar-refractivity contribution in [1.29, 1.82) is 0 Å². The Balaban J connectivity index is 1.81. The molecule has 1 aliphatic rings.